The molecule has 0 saturated heterocycles. The molecular weight excluding hydrogens is 726 g/mol. The van der Waals surface area contributed by atoms with Crippen molar-refractivity contribution < 1.29 is 104 Å². The van der Waals surface area contributed by atoms with E-state index < -0.39 is 62.4 Å². The monoisotopic (exact) mass is 738 g/mol. The van der Waals surface area contributed by atoms with E-state index in [9.17, 15) is 50.5 Å². The molecule has 0 bridgehead atoms. The zero-order valence-corrected chi connectivity index (χ0v) is 24.7. The Bertz CT molecular complexity index is 893. The standard InChI is InChI=1S/2AsH3.3H2O8S2/c;;3*1-9(2,3)7-8-10(4,5)6/h2*1H3;3*(H,1,2,3)(H,4,5,6). The van der Waals surface area contributed by atoms with Crippen LogP contribution in [0.5, 0.6) is 0 Å². The fraction of sp³-hybridized carbons (Fsp3) is 0. The summed E-state index contributed by atoms with van der Waals surface area (Å²) in [4.78, 5) is 0. The van der Waals surface area contributed by atoms with Crippen molar-refractivity contribution in [3.8, 4) is 0 Å². The molecule has 202 valence electrons. The summed E-state index contributed by atoms with van der Waals surface area (Å²) in [5.41, 5.74) is 0. The molecule has 0 aliphatic rings. The summed E-state index contributed by atoms with van der Waals surface area (Å²) < 4.78 is 177. The van der Waals surface area contributed by atoms with Crippen LogP contribution in [0.3, 0.4) is 0 Å². The predicted molar refractivity (Wildman–Crippen MR) is 95.7 cm³/mol. The summed E-state index contributed by atoms with van der Waals surface area (Å²) in [5, 5.41) is 0. The van der Waals surface area contributed by atoms with Crippen LogP contribution in [-0.4, -0.2) is 114 Å². The van der Waals surface area contributed by atoms with Crippen LogP contribution in [0.15, 0.2) is 0 Å². The molecule has 0 radical (unpaired) electrons. The zero-order chi connectivity index (χ0) is 25.2. The molecule has 0 aliphatic carbocycles. The van der Waals surface area contributed by atoms with E-state index >= 15 is 0 Å². The second-order valence-electron chi connectivity index (χ2n) is 2.97. The molecule has 0 aromatic heterocycles. The van der Waals surface area contributed by atoms with Crippen LogP contribution in [0.4, 0.5) is 0 Å². The molecule has 0 spiro atoms. The minimum absolute atomic E-state index is 0. The molecule has 0 saturated carbocycles. The Morgan fingerprint density at radius 1 is 0.281 bits per heavy atom. The van der Waals surface area contributed by atoms with Gasteiger partial charge in [-0.05, 0) is 0 Å². The molecule has 0 amide bonds. The van der Waals surface area contributed by atoms with Gasteiger partial charge >= 0.3 is 98.3 Å². The molecule has 0 rings (SSSR count). The van der Waals surface area contributed by atoms with Crippen LogP contribution in [-0.2, 0) is 88.4 Å². The van der Waals surface area contributed by atoms with Crippen LogP contribution < -0.4 is 0 Å². The van der Waals surface area contributed by atoms with E-state index in [2.05, 4.69) is 26.0 Å². The van der Waals surface area contributed by atoms with Crippen molar-refractivity contribution in [3.63, 3.8) is 0 Å². The molecule has 0 aromatic carbocycles. The summed E-state index contributed by atoms with van der Waals surface area (Å²) in [5.74, 6) is 0. The number of hydrogen-bond donors (Lipinski definition) is 6. The molecule has 24 nitrogen and oxygen atoms in total. The maximum absolute atomic E-state index is 9.51. The number of rotatable bonds is 9. The average Bonchev–Trinajstić information content (AvgIpc) is 2.38. The van der Waals surface area contributed by atoms with E-state index in [1.54, 1.807) is 0 Å². The van der Waals surface area contributed by atoms with Crippen molar-refractivity contribution >= 4 is 98.3 Å². The Morgan fingerprint density at radius 3 is 0.375 bits per heavy atom. The van der Waals surface area contributed by atoms with Gasteiger partial charge in [0.05, 0.1) is 0 Å². The first-order valence-corrected chi connectivity index (χ1v) is 12.8. The van der Waals surface area contributed by atoms with Crippen LogP contribution >= 0.6 is 0 Å². The van der Waals surface area contributed by atoms with Gasteiger partial charge in [-0.1, -0.05) is 26.0 Å². The first-order valence-electron chi connectivity index (χ1n) is 4.60. The van der Waals surface area contributed by atoms with E-state index in [0.717, 1.165) is 0 Å². The fourth-order valence-corrected chi connectivity index (χ4v) is 1.90. The number of hydrogen-bond acceptors (Lipinski definition) is 18. The first-order chi connectivity index (χ1) is 12.6. The summed E-state index contributed by atoms with van der Waals surface area (Å²) in [6, 6.07) is 0. The first kappa shape index (κ1) is 42.5. The SMILES string of the molecule is O=S(=O)(O)OOS(=O)(=O)O.O=S(=O)(O)OOS(=O)(=O)O.O=S(=O)(O)OOS(=O)(=O)O.[AsH3].[AsH3]. The van der Waals surface area contributed by atoms with Crippen LogP contribution in [0.25, 0.3) is 0 Å². The van der Waals surface area contributed by atoms with Gasteiger partial charge in [0.2, 0.25) is 0 Å². The van der Waals surface area contributed by atoms with Crippen LogP contribution in [0, 0.1) is 0 Å². The minimum atomic E-state index is -5.02. The Morgan fingerprint density at radius 2 is 0.344 bits per heavy atom. The van der Waals surface area contributed by atoms with Crippen molar-refractivity contribution in [1.29, 1.82) is 0 Å². The van der Waals surface area contributed by atoms with Gasteiger partial charge in [-0.2, -0.15) is 50.5 Å². The fourth-order valence-electron chi connectivity index (χ4n) is 0.211. The second kappa shape index (κ2) is 16.1. The molecule has 0 aliphatic heterocycles. The normalized spacial score (nSPS) is 12.6. The van der Waals surface area contributed by atoms with Crippen molar-refractivity contribution in [2.45, 2.75) is 0 Å². The van der Waals surface area contributed by atoms with Crippen LogP contribution in [0.2, 0.25) is 0 Å². The quantitative estimate of drug-likeness (QED) is 0.0554. The Balaban J connectivity index is -0.000000110. The van der Waals surface area contributed by atoms with Crippen molar-refractivity contribution in [3.05, 3.63) is 0 Å². The molecule has 6 N–H and O–H groups in total. The van der Waals surface area contributed by atoms with Gasteiger partial charge in [0.15, 0.2) is 0 Å². The van der Waals surface area contributed by atoms with E-state index in [1.165, 1.54) is 0 Å². The van der Waals surface area contributed by atoms with Crippen molar-refractivity contribution in [2.24, 2.45) is 0 Å². The third-order valence-electron chi connectivity index (χ3n) is 0.599. The molecule has 2 unspecified atom stereocenters. The molecule has 0 aromatic rings. The topological polar surface area (TPSA) is 382 Å². The summed E-state index contributed by atoms with van der Waals surface area (Å²) >= 11 is 0. The second-order valence-corrected chi connectivity index (χ2v) is 8.92. The zero-order valence-electron chi connectivity index (χ0n) is 13.9. The van der Waals surface area contributed by atoms with Gasteiger partial charge in [0.1, 0.15) is 0 Å². The summed E-state index contributed by atoms with van der Waals surface area (Å²) in [6.45, 7) is 0. The van der Waals surface area contributed by atoms with Gasteiger partial charge in [-0.3, -0.25) is 27.3 Å². The average molecular weight is 738 g/mol. The third kappa shape index (κ3) is 57.4. The Labute approximate surface area is 201 Å². The van der Waals surface area contributed by atoms with E-state index in [1.807, 2.05) is 0 Å². The molecule has 32 heteroatoms. The van der Waals surface area contributed by atoms with E-state index in [4.69, 9.17) is 27.3 Å². The Kier molecular flexibility index (Phi) is 21.4. The Hall–Kier alpha value is 0.337. The summed E-state index contributed by atoms with van der Waals surface area (Å²) in [7, 11) is -30.1. The third-order valence-corrected chi connectivity index (χ3v) is 2.30. The van der Waals surface area contributed by atoms with Gasteiger partial charge in [-0.15, -0.1) is 0 Å². The van der Waals surface area contributed by atoms with E-state index in [0.29, 0.717) is 0 Å². The molecule has 0 fully saturated rings. The molecule has 2 atom stereocenters. The van der Waals surface area contributed by atoms with Gasteiger partial charge < -0.3 is 0 Å². The van der Waals surface area contributed by atoms with Gasteiger partial charge in [-0.25, -0.2) is 0 Å². The molecule has 0 heterocycles. The van der Waals surface area contributed by atoms with Crippen molar-refractivity contribution in [2.75, 3.05) is 0 Å². The van der Waals surface area contributed by atoms with Gasteiger partial charge in [0, 0.05) is 0 Å². The molecular formula is H12As2O24S6. The molecule has 32 heavy (non-hydrogen) atoms. The van der Waals surface area contributed by atoms with Gasteiger partial charge in [0.25, 0.3) is 0 Å². The van der Waals surface area contributed by atoms with Crippen molar-refractivity contribution in [1.82, 2.24) is 0 Å². The van der Waals surface area contributed by atoms with E-state index in [-0.39, 0.29) is 35.9 Å². The van der Waals surface area contributed by atoms with Crippen LogP contribution in [0.1, 0.15) is 0 Å². The summed E-state index contributed by atoms with van der Waals surface area (Å²) in [6.07, 6.45) is 0. The predicted octanol–water partition coefficient (Wildman–Crippen LogP) is -6.75. The maximum atomic E-state index is 9.51.